The molecule has 0 aromatic carbocycles. The molecule has 0 atom stereocenters. The van der Waals surface area contributed by atoms with Gasteiger partial charge in [0.15, 0.2) is 11.7 Å². The summed E-state index contributed by atoms with van der Waals surface area (Å²) in [5.41, 5.74) is 0. The van der Waals surface area contributed by atoms with E-state index >= 15 is 0 Å². The maximum Gasteiger partial charge on any atom is 0.308 e. The molecule has 0 nitrogen and oxygen atoms in total. The molecule has 0 spiro atoms. The molecule has 0 aromatic heterocycles. The summed E-state index contributed by atoms with van der Waals surface area (Å²) < 4.78 is 93.8. The van der Waals surface area contributed by atoms with Gasteiger partial charge in [0.25, 0.3) is 0 Å². The van der Waals surface area contributed by atoms with Crippen molar-refractivity contribution in [1.82, 2.24) is 0 Å². The normalized spacial score (nSPS) is 12.0. The molecule has 0 amide bonds. The fourth-order valence-electron chi connectivity index (χ4n) is 0.483. The van der Waals surface area contributed by atoms with Crippen molar-refractivity contribution in [2.45, 2.75) is 6.42 Å². The zero-order valence-electron chi connectivity index (χ0n) is 6.73. The van der Waals surface area contributed by atoms with E-state index in [2.05, 4.69) is 0 Å². The molecule has 0 fully saturated rings. The number of rotatable bonds is 3. The van der Waals surface area contributed by atoms with E-state index in [9.17, 15) is 35.1 Å². The molecule has 0 aliphatic heterocycles. The molecule has 0 bridgehead atoms. The van der Waals surface area contributed by atoms with Crippen molar-refractivity contribution >= 4 is 0 Å². The molecule has 0 rings (SSSR count). The van der Waals surface area contributed by atoms with E-state index in [-0.39, 0.29) is 0 Å². The number of halogens is 8. The van der Waals surface area contributed by atoms with Crippen molar-refractivity contribution in [2.24, 2.45) is 0 Å². The third kappa shape index (κ3) is 4.13. The summed E-state index contributed by atoms with van der Waals surface area (Å²) in [6.45, 7) is 0. The van der Waals surface area contributed by atoms with Gasteiger partial charge in [-0.15, -0.1) is 0 Å². The summed E-state index contributed by atoms with van der Waals surface area (Å²) in [6, 6.07) is 0. The van der Waals surface area contributed by atoms with Crippen molar-refractivity contribution in [3.05, 3.63) is 35.5 Å². The van der Waals surface area contributed by atoms with Crippen LogP contribution in [0.5, 0.6) is 0 Å². The second-order valence-corrected chi connectivity index (χ2v) is 2.14. The van der Waals surface area contributed by atoms with E-state index in [1.807, 2.05) is 0 Å². The molecule has 0 aromatic rings. The highest BCUT2D eigenvalue weighted by Gasteiger charge is 2.19. The second kappa shape index (κ2) is 5.52. The topological polar surface area (TPSA) is 0 Å². The van der Waals surface area contributed by atoms with Crippen LogP contribution in [-0.4, -0.2) is 0 Å². The van der Waals surface area contributed by atoms with Crippen molar-refractivity contribution in [3.8, 4) is 0 Å². The third-order valence-corrected chi connectivity index (χ3v) is 1.11. The van der Waals surface area contributed by atoms with Gasteiger partial charge in [0.2, 0.25) is 5.83 Å². The molecule has 15 heavy (non-hydrogen) atoms. The van der Waals surface area contributed by atoms with Crippen molar-refractivity contribution in [2.75, 3.05) is 0 Å². The van der Waals surface area contributed by atoms with Gasteiger partial charge in [0, 0.05) is 0 Å². The van der Waals surface area contributed by atoms with E-state index in [0.29, 0.717) is 0 Å². The Hall–Kier alpha value is -1.34. The smallest absolute Gasteiger partial charge is 0.208 e. The van der Waals surface area contributed by atoms with Gasteiger partial charge in [-0.05, 0) is 0 Å². The van der Waals surface area contributed by atoms with Gasteiger partial charge in [-0.1, -0.05) is 0 Å². The molecule has 8 heteroatoms. The van der Waals surface area contributed by atoms with Crippen molar-refractivity contribution in [3.63, 3.8) is 0 Å². The molecular weight excluding hydrogens is 236 g/mol. The van der Waals surface area contributed by atoms with Gasteiger partial charge < -0.3 is 0 Å². The van der Waals surface area contributed by atoms with Gasteiger partial charge in [-0.3, -0.25) is 0 Å². The first kappa shape index (κ1) is 13.7. The van der Waals surface area contributed by atoms with Crippen LogP contribution in [0.3, 0.4) is 0 Å². The maximum absolute atomic E-state index is 12.3. The number of hydrogen-bond donors (Lipinski definition) is 0. The Morgan fingerprint density at radius 1 is 0.533 bits per heavy atom. The van der Waals surface area contributed by atoms with Gasteiger partial charge in [-0.2, -0.15) is 22.0 Å². The highest BCUT2D eigenvalue weighted by atomic mass is 19.3. The minimum Gasteiger partial charge on any atom is -0.208 e. The van der Waals surface area contributed by atoms with E-state index in [0.717, 1.165) is 0 Å². The Balaban J connectivity index is 5.00. The fourth-order valence-corrected chi connectivity index (χ4v) is 0.483. The third-order valence-electron chi connectivity index (χ3n) is 1.11. The first-order valence-electron chi connectivity index (χ1n) is 3.22. The molecule has 0 saturated heterocycles. The average molecular weight is 238 g/mol. The molecule has 0 N–H and O–H groups in total. The lowest BCUT2D eigenvalue weighted by molar-refractivity contribution is 0.355. The van der Waals surface area contributed by atoms with Crippen LogP contribution < -0.4 is 0 Å². The van der Waals surface area contributed by atoms with Gasteiger partial charge in [0.1, 0.15) is 5.83 Å². The standard InChI is InChI=1S/C7H2F8/c8-2(1-3(9)6(12)13)4(10)5(11)7(14)15/h1H2. The minimum atomic E-state index is -3.17. The summed E-state index contributed by atoms with van der Waals surface area (Å²) in [5, 5.41) is 0. The van der Waals surface area contributed by atoms with E-state index in [1.165, 1.54) is 0 Å². The number of allylic oxidation sites excluding steroid dienone is 4. The van der Waals surface area contributed by atoms with Gasteiger partial charge in [-0.25, -0.2) is 13.2 Å². The average Bonchev–Trinajstić information content (AvgIpc) is 2.14. The molecule has 0 saturated carbocycles. The molecule has 86 valence electrons. The lowest BCUT2D eigenvalue weighted by atomic mass is 10.3. The maximum atomic E-state index is 12.3. The molecule has 0 aliphatic carbocycles. The van der Waals surface area contributed by atoms with Crippen LogP contribution in [0.4, 0.5) is 35.1 Å². The summed E-state index contributed by atoms with van der Waals surface area (Å²) in [4.78, 5) is 0. The van der Waals surface area contributed by atoms with E-state index < -0.39 is 41.9 Å². The SMILES string of the molecule is FC(F)=C(F)CC(F)=C(F)C(F)=C(F)F. The fraction of sp³-hybridized carbons (Fsp3) is 0.143. The van der Waals surface area contributed by atoms with Crippen LogP contribution in [0, 0.1) is 0 Å². The largest absolute Gasteiger partial charge is 0.308 e. The van der Waals surface area contributed by atoms with Gasteiger partial charge in [0.05, 0.1) is 6.42 Å². The van der Waals surface area contributed by atoms with Crippen LogP contribution >= 0.6 is 0 Å². The van der Waals surface area contributed by atoms with E-state index in [1.54, 1.807) is 0 Å². The summed E-state index contributed by atoms with van der Waals surface area (Å²) >= 11 is 0. The molecule has 0 heterocycles. The van der Waals surface area contributed by atoms with Gasteiger partial charge >= 0.3 is 12.2 Å². The van der Waals surface area contributed by atoms with Crippen LogP contribution in [0.25, 0.3) is 0 Å². The first-order valence-corrected chi connectivity index (χ1v) is 3.22. The van der Waals surface area contributed by atoms with Crippen molar-refractivity contribution < 1.29 is 35.1 Å². The van der Waals surface area contributed by atoms with Crippen LogP contribution in [0.15, 0.2) is 35.5 Å². The lowest BCUT2D eigenvalue weighted by Gasteiger charge is -1.96. The highest BCUT2D eigenvalue weighted by Crippen LogP contribution is 2.28. The molecule has 0 unspecified atom stereocenters. The summed E-state index contributed by atoms with van der Waals surface area (Å²) in [6.07, 6.45) is -8.04. The quantitative estimate of drug-likeness (QED) is 0.494. The van der Waals surface area contributed by atoms with E-state index in [4.69, 9.17) is 0 Å². The lowest BCUT2D eigenvalue weighted by Crippen LogP contribution is -1.86. The minimum absolute atomic E-state index is 1.92. The first-order chi connectivity index (χ1) is 6.77. The van der Waals surface area contributed by atoms with Crippen LogP contribution in [0.2, 0.25) is 0 Å². The molecule has 0 aliphatic rings. The second-order valence-electron chi connectivity index (χ2n) is 2.14. The monoisotopic (exact) mass is 238 g/mol. The number of hydrogen-bond acceptors (Lipinski definition) is 0. The predicted octanol–water partition coefficient (Wildman–Crippen LogP) is 4.68. The Labute approximate surface area is 78.2 Å². The van der Waals surface area contributed by atoms with Crippen LogP contribution in [-0.2, 0) is 0 Å². The van der Waals surface area contributed by atoms with Crippen molar-refractivity contribution in [1.29, 1.82) is 0 Å². The Morgan fingerprint density at radius 2 is 1.00 bits per heavy atom. The predicted molar refractivity (Wildman–Crippen MR) is 34.6 cm³/mol. The Bertz CT molecular complexity index is 329. The zero-order chi connectivity index (χ0) is 12.2. The molecular formula is C7H2F8. The zero-order valence-corrected chi connectivity index (χ0v) is 6.73. The summed E-state index contributed by atoms with van der Waals surface area (Å²) in [7, 11) is 0. The van der Waals surface area contributed by atoms with Crippen LogP contribution in [0.1, 0.15) is 6.42 Å². The summed E-state index contributed by atoms with van der Waals surface area (Å²) in [5.74, 6) is -10.3. The Morgan fingerprint density at radius 3 is 1.33 bits per heavy atom. The highest BCUT2D eigenvalue weighted by molar-refractivity contribution is 5.24. The Kier molecular flexibility index (Phi) is 5.03. The molecule has 0 radical (unpaired) electrons.